The summed E-state index contributed by atoms with van der Waals surface area (Å²) in [4.78, 5) is 15.6. The average molecular weight is 270 g/mol. The van der Waals surface area contributed by atoms with Crippen molar-refractivity contribution in [2.45, 2.75) is 30.8 Å². The minimum absolute atomic E-state index is 0.112. The highest BCUT2D eigenvalue weighted by Gasteiger charge is 2.47. The number of ether oxygens (including phenoxy) is 1. The molecular formula is C11H18N4O4. The molecule has 0 spiro atoms. The molecule has 1 aliphatic heterocycles. The summed E-state index contributed by atoms with van der Waals surface area (Å²) in [5.74, 6) is 0.112. The Bertz CT molecular complexity index is 506. The SMILES string of the molecule is NCC[C@]1(n2ccc(N)nc2=O)C[C@H](O)[C@@H](CO)O1. The van der Waals surface area contributed by atoms with E-state index in [0.29, 0.717) is 6.42 Å². The number of hydrogen-bond donors (Lipinski definition) is 4. The van der Waals surface area contributed by atoms with Crippen LogP contribution in [0.15, 0.2) is 17.1 Å². The van der Waals surface area contributed by atoms with E-state index in [1.807, 2.05) is 0 Å². The maximum absolute atomic E-state index is 11.9. The maximum atomic E-state index is 11.9. The van der Waals surface area contributed by atoms with Crippen LogP contribution in [0.4, 0.5) is 5.82 Å². The van der Waals surface area contributed by atoms with Crippen LogP contribution >= 0.6 is 0 Å². The van der Waals surface area contributed by atoms with E-state index < -0.39 is 23.6 Å². The first kappa shape index (κ1) is 13.9. The van der Waals surface area contributed by atoms with Crippen LogP contribution in [0.3, 0.4) is 0 Å². The van der Waals surface area contributed by atoms with Crippen LogP contribution in [-0.2, 0) is 10.5 Å². The van der Waals surface area contributed by atoms with E-state index >= 15 is 0 Å². The lowest BCUT2D eigenvalue weighted by molar-refractivity contribution is -0.122. The molecule has 6 N–H and O–H groups in total. The number of rotatable bonds is 4. The molecule has 1 aromatic heterocycles. The van der Waals surface area contributed by atoms with Crippen LogP contribution < -0.4 is 17.2 Å². The van der Waals surface area contributed by atoms with E-state index in [1.54, 1.807) is 0 Å². The number of aliphatic hydroxyl groups excluding tert-OH is 2. The van der Waals surface area contributed by atoms with Gasteiger partial charge in [-0.2, -0.15) is 4.98 Å². The zero-order valence-corrected chi connectivity index (χ0v) is 10.4. The van der Waals surface area contributed by atoms with Gasteiger partial charge in [0.05, 0.1) is 12.7 Å². The monoisotopic (exact) mass is 270 g/mol. The zero-order valence-electron chi connectivity index (χ0n) is 10.4. The Balaban J connectivity index is 2.43. The number of aromatic nitrogens is 2. The minimum atomic E-state index is -1.08. The van der Waals surface area contributed by atoms with Crippen LogP contribution in [0.25, 0.3) is 0 Å². The van der Waals surface area contributed by atoms with Crippen molar-refractivity contribution >= 4 is 5.82 Å². The standard InChI is InChI=1S/C11H18N4O4/c12-3-2-11(5-7(17)8(6-16)19-11)15-4-1-9(13)14-10(15)18/h1,4,7-8,16-17H,2-3,5-6,12H2,(H2,13,14,18)/t7-,8+,11+/m0/s1. The van der Waals surface area contributed by atoms with Crippen LogP contribution in [0.1, 0.15) is 12.8 Å². The van der Waals surface area contributed by atoms with Crippen molar-refractivity contribution in [3.8, 4) is 0 Å². The normalized spacial score (nSPS) is 30.7. The number of aliphatic hydroxyl groups is 2. The summed E-state index contributed by atoms with van der Waals surface area (Å²) in [6.45, 7) is -0.0632. The van der Waals surface area contributed by atoms with Crippen molar-refractivity contribution in [2.24, 2.45) is 5.73 Å². The van der Waals surface area contributed by atoms with Gasteiger partial charge in [-0.05, 0) is 12.6 Å². The second kappa shape index (κ2) is 5.25. The minimum Gasteiger partial charge on any atom is -0.394 e. The third kappa shape index (κ3) is 2.47. The largest absolute Gasteiger partial charge is 0.394 e. The third-order valence-corrected chi connectivity index (χ3v) is 3.31. The Labute approximate surface area is 109 Å². The Morgan fingerprint density at radius 3 is 2.89 bits per heavy atom. The number of anilines is 1. The van der Waals surface area contributed by atoms with E-state index in [-0.39, 0.29) is 25.4 Å². The average Bonchev–Trinajstić information content (AvgIpc) is 2.66. The van der Waals surface area contributed by atoms with Gasteiger partial charge in [-0.3, -0.25) is 4.57 Å². The molecule has 19 heavy (non-hydrogen) atoms. The first-order valence-electron chi connectivity index (χ1n) is 6.05. The molecular weight excluding hydrogens is 252 g/mol. The van der Waals surface area contributed by atoms with Gasteiger partial charge in [-0.1, -0.05) is 0 Å². The summed E-state index contributed by atoms with van der Waals surface area (Å²) in [5.41, 5.74) is 9.35. The second-order valence-corrected chi connectivity index (χ2v) is 4.60. The van der Waals surface area contributed by atoms with Crippen LogP contribution in [0, 0.1) is 0 Å². The smallest absolute Gasteiger partial charge is 0.351 e. The molecule has 0 aromatic carbocycles. The highest BCUT2D eigenvalue weighted by atomic mass is 16.6. The molecule has 1 saturated heterocycles. The van der Waals surface area contributed by atoms with Gasteiger partial charge in [0.25, 0.3) is 0 Å². The second-order valence-electron chi connectivity index (χ2n) is 4.60. The van der Waals surface area contributed by atoms with Gasteiger partial charge >= 0.3 is 5.69 Å². The van der Waals surface area contributed by atoms with E-state index in [1.165, 1.54) is 16.8 Å². The highest BCUT2D eigenvalue weighted by molar-refractivity contribution is 5.24. The lowest BCUT2D eigenvalue weighted by Gasteiger charge is -2.30. The molecule has 0 bridgehead atoms. The molecule has 1 aliphatic rings. The fourth-order valence-electron chi connectivity index (χ4n) is 2.41. The van der Waals surface area contributed by atoms with Gasteiger partial charge in [-0.15, -0.1) is 0 Å². The Morgan fingerprint density at radius 1 is 1.63 bits per heavy atom. The van der Waals surface area contributed by atoms with E-state index in [0.717, 1.165) is 0 Å². The topological polar surface area (TPSA) is 137 Å². The Morgan fingerprint density at radius 2 is 2.37 bits per heavy atom. The lowest BCUT2D eigenvalue weighted by atomic mass is 10.0. The molecule has 0 saturated carbocycles. The molecule has 0 radical (unpaired) electrons. The fourth-order valence-corrected chi connectivity index (χ4v) is 2.41. The van der Waals surface area contributed by atoms with Crippen molar-refractivity contribution in [1.82, 2.24) is 9.55 Å². The van der Waals surface area contributed by atoms with E-state index in [2.05, 4.69) is 4.98 Å². The number of hydrogen-bond acceptors (Lipinski definition) is 7. The zero-order chi connectivity index (χ0) is 14.0. The molecule has 2 rings (SSSR count). The Hall–Kier alpha value is -1.48. The van der Waals surface area contributed by atoms with E-state index in [9.17, 15) is 9.90 Å². The summed E-state index contributed by atoms with van der Waals surface area (Å²) in [7, 11) is 0. The summed E-state index contributed by atoms with van der Waals surface area (Å²) < 4.78 is 6.93. The number of nitrogens with zero attached hydrogens (tertiary/aromatic N) is 2. The molecule has 0 aliphatic carbocycles. The summed E-state index contributed by atoms with van der Waals surface area (Å²) in [6.07, 6.45) is 0.358. The van der Waals surface area contributed by atoms with Crippen molar-refractivity contribution < 1.29 is 14.9 Å². The number of nitrogen functional groups attached to an aromatic ring is 1. The summed E-state index contributed by atoms with van der Waals surface area (Å²) >= 11 is 0. The van der Waals surface area contributed by atoms with Crippen molar-refractivity contribution in [3.05, 3.63) is 22.7 Å². The molecule has 0 unspecified atom stereocenters. The molecule has 1 aromatic rings. The molecule has 8 heteroatoms. The van der Waals surface area contributed by atoms with Gasteiger partial charge in [-0.25, -0.2) is 4.79 Å². The predicted octanol–water partition coefficient (Wildman–Crippen LogP) is -2.03. The van der Waals surface area contributed by atoms with Gasteiger partial charge in [0.1, 0.15) is 11.9 Å². The lowest BCUT2D eigenvalue weighted by Crippen LogP contribution is -2.43. The van der Waals surface area contributed by atoms with Gasteiger partial charge in [0.15, 0.2) is 5.72 Å². The molecule has 2 heterocycles. The maximum Gasteiger partial charge on any atom is 0.351 e. The third-order valence-electron chi connectivity index (χ3n) is 3.31. The Kier molecular flexibility index (Phi) is 3.85. The van der Waals surface area contributed by atoms with Gasteiger partial charge < -0.3 is 26.4 Å². The van der Waals surface area contributed by atoms with Crippen LogP contribution in [0.5, 0.6) is 0 Å². The van der Waals surface area contributed by atoms with Crippen LogP contribution in [0.2, 0.25) is 0 Å². The first-order valence-corrected chi connectivity index (χ1v) is 6.05. The molecule has 8 nitrogen and oxygen atoms in total. The summed E-state index contributed by atoms with van der Waals surface area (Å²) in [6, 6.07) is 1.47. The summed E-state index contributed by atoms with van der Waals surface area (Å²) in [5, 5.41) is 19.0. The van der Waals surface area contributed by atoms with Crippen molar-refractivity contribution in [1.29, 1.82) is 0 Å². The molecule has 106 valence electrons. The van der Waals surface area contributed by atoms with Crippen molar-refractivity contribution in [3.63, 3.8) is 0 Å². The molecule has 3 atom stereocenters. The first-order chi connectivity index (χ1) is 9.02. The predicted molar refractivity (Wildman–Crippen MR) is 67.1 cm³/mol. The fraction of sp³-hybridized carbons (Fsp3) is 0.636. The van der Waals surface area contributed by atoms with Crippen LogP contribution in [-0.4, -0.2) is 45.1 Å². The van der Waals surface area contributed by atoms with Gasteiger partial charge in [0.2, 0.25) is 0 Å². The van der Waals surface area contributed by atoms with Gasteiger partial charge in [0, 0.05) is 19.0 Å². The van der Waals surface area contributed by atoms with E-state index in [4.69, 9.17) is 21.3 Å². The van der Waals surface area contributed by atoms with Crippen molar-refractivity contribution in [2.75, 3.05) is 18.9 Å². The molecule has 0 amide bonds. The number of nitrogens with two attached hydrogens (primary N) is 2. The molecule has 1 fully saturated rings. The highest BCUT2D eigenvalue weighted by Crippen LogP contribution is 2.36. The quantitative estimate of drug-likeness (QED) is 0.495.